The number of nitrogens with one attached hydrogen (secondary N) is 2. The van der Waals surface area contributed by atoms with Crippen molar-refractivity contribution in [1.82, 2.24) is 20.0 Å². The standard InChI is InChI=1S/C12H13N5/c1-17-9(5-6-15-17)7-13-11-3-2-4-12-10(11)8-14-16-12/h2-6,8,13H,7H2,1H3,(H,14,16). The molecule has 0 aliphatic rings. The summed E-state index contributed by atoms with van der Waals surface area (Å²) in [6.07, 6.45) is 3.64. The van der Waals surface area contributed by atoms with E-state index in [-0.39, 0.29) is 0 Å². The molecule has 0 unspecified atom stereocenters. The number of nitrogens with zero attached hydrogens (tertiary/aromatic N) is 3. The molecule has 0 bridgehead atoms. The van der Waals surface area contributed by atoms with Gasteiger partial charge in [-0.05, 0) is 18.2 Å². The lowest BCUT2D eigenvalue weighted by Crippen LogP contribution is -2.05. The lowest BCUT2D eigenvalue weighted by molar-refractivity contribution is 0.721. The fourth-order valence-electron chi connectivity index (χ4n) is 1.88. The first-order valence-electron chi connectivity index (χ1n) is 5.47. The molecule has 3 aromatic rings. The Kier molecular flexibility index (Phi) is 2.29. The van der Waals surface area contributed by atoms with Crippen molar-refractivity contribution in [3.63, 3.8) is 0 Å². The zero-order valence-corrected chi connectivity index (χ0v) is 9.51. The molecule has 86 valence electrons. The van der Waals surface area contributed by atoms with Gasteiger partial charge in [-0.25, -0.2) is 0 Å². The van der Waals surface area contributed by atoms with Gasteiger partial charge in [0.25, 0.3) is 0 Å². The molecule has 0 fully saturated rings. The summed E-state index contributed by atoms with van der Waals surface area (Å²) in [5.74, 6) is 0. The maximum atomic E-state index is 4.14. The van der Waals surface area contributed by atoms with Crippen LogP contribution in [-0.2, 0) is 13.6 Å². The van der Waals surface area contributed by atoms with E-state index in [1.165, 1.54) is 0 Å². The highest BCUT2D eigenvalue weighted by molar-refractivity contribution is 5.90. The van der Waals surface area contributed by atoms with Crippen LogP contribution in [0.5, 0.6) is 0 Å². The van der Waals surface area contributed by atoms with Crippen molar-refractivity contribution in [2.45, 2.75) is 6.54 Å². The maximum Gasteiger partial charge on any atom is 0.0671 e. The average Bonchev–Trinajstić information content (AvgIpc) is 2.95. The smallest absolute Gasteiger partial charge is 0.0671 e. The van der Waals surface area contributed by atoms with Crippen LogP contribution < -0.4 is 5.32 Å². The lowest BCUT2D eigenvalue weighted by Gasteiger charge is -2.07. The Morgan fingerprint density at radius 2 is 2.29 bits per heavy atom. The summed E-state index contributed by atoms with van der Waals surface area (Å²) in [4.78, 5) is 0. The second-order valence-corrected chi connectivity index (χ2v) is 3.94. The lowest BCUT2D eigenvalue weighted by atomic mass is 10.2. The second-order valence-electron chi connectivity index (χ2n) is 3.94. The molecule has 0 atom stereocenters. The van der Waals surface area contributed by atoms with Gasteiger partial charge in [0.15, 0.2) is 0 Å². The normalized spacial score (nSPS) is 10.9. The summed E-state index contributed by atoms with van der Waals surface area (Å²) in [6, 6.07) is 8.07. The molecule has 2 N–H and O–H groups in total. The minimum Gasteiger partial charge on any atom is -0.379 e. The fourth-order valence-corrected chi connectivity index (χ4v) is 1.88. The number of benzene rings is 1. The van der Waals surface area contributed by atoms with Gasteiger partial charge in [-0.1, -0.05) is 6.07 Å². The molecule has 0 saturated carbocycles. The van der Waals surface area contributed by atoms with E-state index in [1.54, 1.807) is 6.20 Å². The molecule has 0 aliphatic heterocycles. The molecule has 2 aromatic heterocycles. The Morgan fingerprint density at radius 3 is 3.12 bits per heavy atom. The number of hydrogen-bond donors (Lipinski definition) is 2. The molecule has 5 heteroatoms. The monoisotopic (exact) mass is 227 g/mol. The van der Waals surface area contributed by atoms with Gasteiger partial charge in [0, 0.05) is 24.3 Å². The summed E-state index contributed by atoms with van der Waals surface area (Å²) in [5, 5.41) is 15.6. The van der Waals surface area contributed by atoms with Crippen LogP contribution >= 0.6 is 0 Å². The highest BCUT2D eigenvalue weighted by atomic mass is 15.3. The number of anilines is 1. The Labute approximate surface area is 98.5 Å². The molecule has 0 aliphatic carbocycles. The van der Waals surface area contributed by atoms with E-state index in [2.05, 4.69) is 20.6 Å². The Hall–Kier alpha value is -2.30. The zero-order valence-electron chi connectivity index (χ0n) is 9.51. The first kappa shape index (κ1) is 9.89. The van der Waals surface area contributed by atoms with Gasteiger partial charge >= 0.3 is 0 Å². The van der Waals surface area contributed by atoms with Crippen molar-refractivity contribution in [3.05, 3.63) is 42.4 Å². The van der Waals surface area contributed by atoms with E-state index in [1.807, 2.05) is 42.2 Å². The summed E-state index contributed by atoms with van der Waals surface area (Å²) in [6.45, 7) is 0.751. The van der Waals surface area contributed by atoms with Gasteiger partial charge in [-0.15, -0.1) is 0 Å². The largest absolute Gasteiger partial charge is 0.379 e. The van der Waals surface area contributed by atoms with Crippen molar-refractivity contribution < 1.29 is 0 Å². The molecule has 0 amide bonds. The van der Waals surface area contributed by atoms with E-state index >= 15 is 0 Å². The van der Waals surface area contributed by atoms with Gasteiger partial charge < -0.3 is 5.32 Å². The summed E-state index contributed by atoms with van der Waals surface area (Å²) in [7, 11) is 1.94. The Morgan fingerprint density at radius 1 is 1.35 bits per heavy atom. The molecule has 3 rings (SSSR count). The number of aryl methyl sites for hydroxylation is 1. The van der Waals surface area contributed by atoms with Crippen LogP contribution in [0.1, 0.15) is 5.69 Å². The number of hydrogen-bond acceptors (Lipinski definition) is 3. The van der Waals surface area contributed by atoms with E-state index in [0.29, 0.717) is 0 Å². The van der Waals surface area contributed by atoms with Crippen LogP contribution in [0.3, 0.4) is 0 Å². The van der Waals surface area contributed by atoms with Crippen molar-refractivity contribution in [1.29, 1.82) is 0 Å². The maximum absolute atomic E-state index is 4.14. The van der Waals surface area contributed by atoms with Crippen molar-refractivity contribution in [2.75, 3.05) is 5.32 Å². The predicted molar refractivity (Wildman–Crippen MR) is 66.6 cm³/mol. The number of aromatic amines is 1. The van der Waals surface area contributed by atoms with Crippen LogP contribution in [0.2, 0.25) is 0 Å². The highest BCUT2D eigenvalue weighted by Crippen LogP contribution is 2.21. The molecule has 0 saturated heterocycles. The number of fused-ring (bicyclic) bond motifs is 1. The molecule has 0 spiro atoms. The average molecular weight is 227 g/mol. The molecule has 2 heterocycles. The summed E-state index contributed by atoms with van der Waals surface area (Å²) < 4.78 is 1.86. The third-order valence-electron chi connectivity index (χ3n) is 2.87. The Bertz CT molecular complexity index is 637. The summed E-state index contributed by atoms with van der Waals surface area (Å²) >= 11 is 0. The minimum absolute atomic E-state index is 0.751. The zero-order chi connectivity index (χ0) is 11.7. The second kappa shape index (κ2) is 3.93. The highest BCUT2D eigenvalue weighted by Gasteiger charge is 2.03. The first-order chi connectivity index (χ1) is 8.34. The number of rotatable bonds is 3. The van der Waals surface area contributed by atoms with Crippen LogP contribution in [0.25, 0.3) is 10.9 Å². The molecule has 5 nitrogen and oxygen atoms in total. The third-order valence-corrected chi connectivity index (χ3v) is 2.87. The van der Waals surface area contributed by atoms with Crippen LogP contribution in [0.15, 0.2) is 36.7 Å². The number of aromatic nitrogens is 4. The van der Waals surface area contributed by atoms with Crippen molar-refractivity contribution >= 4 is 16.6 Å². The first-order valence-corrected chi connectivity index (χ1v) is 5.47. The van der Waals surface area contributed by atoms with Gasteiger partial charge in [0.1, 0.15) is 0 Å². The van der Waals surface area contributed by atoms with E-state index < -0.39 is 0 Å². The fraction of sp³-hybridized carbons (Fsp3) is 0.167. The van der Waals surface area contributed by atoms with E-state index in [9.17, 15) is 0 Å². The van der Waals surface area contributed by atoms with Gasteiger partial charge in [-0.3, -0.25) is 9.78 Å². The van der Waals surface area contributed by atoms with Crippen molar-refractivity contribution in [2.24, 2.45) is 7.05 Å². The molecule has 1 aromatic carbocycles. The third kappa shape index (κ3) is 1.75. The summed E-state index contributed by atoms with van der Waals surface area (Å²) in [5.41, 5.74) is 3.27. The van der Waals surface area contributed by atoms with Crippen LogP contribution in [0.4, 0.5) is 5.69 Å². The van der Waals surface area contributed by atoms with Gasteiger partial charge in [-0.2, -0.15) is 10.2 Å². The van der Waals surface area contributed by atoms with Gasteiger partial charge in [0.2, 0.25) is 0 Å². The van der Waals surface area contributed by atoms with Gasteiger partial charge in [0.05, 0.1) is 24.0 Å². The minimum atomic E-state index is 0.751. The number of H-pyrrole nitrogens is 1. The van der Waals surface area contributed by atoms with E-state index in [4.69, 9.17) is 0 Å². The Balaban J connectivity index is 1.86. The topological polar surface area (TPSA) is 58.5 Å². The molecule has 17 heavy (non-hydrogen) atoms. The SMILES string of the molecule is Cn1nccc1CNc1cccc2[nH]ncc12. The van der Waals surface area contributed by atoms with Crippen molar-refractivity contribution in [3.8, 4) is 0 Å². The quantitative estimate of drug-likeness (QED) is 0.718. The molecule has 0 radical (unpaired) electrons. The molecular formula is C12H13N5. The van der Waals surface area contributed by atoms with E-state index in [0.717, 1.165) is 28.8 Å². The van der Waals surface area contributed by atoms with Crippen LogP contribution in [-0.4, -0.2) is 20.0 Å². The van der Waals surface area contributed by atoms with Crippen LogP contribution in [0, 0.1) is 0 Å². The molecular weight excluding hydrogens is 214 g/mol. The predicted octanol–water partition coefficient (Wildman–Crippen LogP) is 1.91.